The van der Waals surface area contributed by atoms with E-state index in [9.17, 15) is 14.9 Å². The molecule has 5 aromatic rings. The summed E-state index contributed by atoms with van der Waals surface area (Å²) in [6.45, 7) is 4.31. The monoisotopic (exact) mass is 676 g/mol. The predicted molar refractivity (Wildman–Crippen MR) is 170 cm³/mol. The average Bonchev–Trinajstić information content (AvgIpc) is 3.62. The zero-order chi connectivity index (χ0) is 31.2. The molecule has 2 aromatic heterocycles. The second-order valence-electron chi connectivity index (χ2n) is 9.72. The molecule has 0 aliphatic carbocycles. The van der Waals surface area contributed by atoms with E-state index in [1.54, 1.807) is 6.07 Å². The molecule has 0 bridgehead atoms. The highest BCUT2D eigenvalue weighted by Gasteiger charge is 2.21. The van der Waals surface area contributed by atoms with E-state index in [0.717, 1.165) is 27.1 Å². The zero-order valence-electron chi connectivity index (χ0n) is 23.6. The fraction of sp³-hybridized carbons (Fsp3) is 0.125. The number of ether oxygens (including phenoxy) is 2. The van der Waals surface area contributed by atoms with Crippen molar-refractivity contribution < 1.29 is 23.6 Å². The lowest BCUT2D eigenvalue weighted by Crippen LogP contribution is -2.16. The topological polar surface area (TPSA) is 121 Å². The first-order valence-corrected chi connectivity index (χ1v) is 14.5. The summed E-state index contributed by atoms with van der Waals surface area (Å²) >= 11 is 9.67. The number of hydrogen-bond acceptors (Lipinski definition) is 7. The van der Waals surface area contributed by atoms with Crippen molar-refractivity contribution in [2.24, 2.45) is 5.10 Å². The number of hydrazone groups is 1. The molecule has 0 saturated carbocycles. The summed E-state index contributed by atoms with van der Waals surface area (Å²) in [6.07, 6.45) is 1.24. The number of nitro benzene ring substituents is 1. The Labute approximate surface area is 266 Å². The highest BCUT2D eigenvalue weighted by atomic mass is 79.9. The number of amides is 1. The second kappa shape index (κ2) is 13.6. The van der Waals surface area contributed by atoms with Crippen LogP contribution in [0.1, 0.15) is 38.8 Å². The summed E-state index contributed by atoms with van der Waals surface area (Å²) in [7, 11) is 0. The molecule has 224 valence electrons. The van der Waals surface area contributed by atoms with Crippen LogP contribution in [-0.4, -0.2) is 21.6 Å². The number of benzene rings is 3. The summed E-state index contributed by atoms with van der Waals surface area (Å²) in [4.78, 5) is 23.7. The van der Waals surface area contributed by atoms with Gasteiger partial charge in [-0.2, -0.15) is 5.10 Å². The molecule has 0 unspecified atom stereocenters. The van der Waals surface area contributed by atoms with Gasteiger partial charge >= 0.3 is 11.6 Å². The van der Waals surface area contributed by atoms with Crippen molar-refractivity contribution in [1.82, 2.24) is 9.99 Å². The van der Waals surface area contributed by atoms with Gasteiger partial charge in [0, 0.05) is 33.2 Å². The molecular weight excluding hydrogens is 652 g/mol. The smallest absolute Gasteiger partial charge is 0.313 e. The number of carbonyl (C=O) groups excluding carboxylic acids is 1. The minimum atomic E-state index is -0.607. The van der Waals surface area contributed by atoms with Crippen LogP contribution in [0.15, 0.2) is 98.9 Å². The number of nitrogens with one attached hydrogen (secondary N) is 1. The maximum absolute atomic E-state index is 12.5. The molecule has 0 atom stereocenters. The Hall–Kier alpha value is -4.87. The molecule has 0 aliphatic heterocycles. The maximum atomic E-state index is 12.5. The van der Waals surface area contributed by atoms with Gasteiger partial charge in [0.1, 0.15) is 24.7 Å². The lowest BCUT2D eigenvalue weighted by atomic mass is 10.2. The number of aryl methyl sites for hydroxylation is 2. The van der Waals surface area contributed by atoms with Gasteiger partial charge in [-0.15, -0.1) is 0 Å². The van der Waals surface area contributed by atoms with Gasteiger partial charge in [-0.1, -0.05) is 39.7 Å². The van der Waals surface area contributed by atoms with E-state index in [0.29, 0.717) is 17.1 Å². The molecule has 3 aromatic carbocycles. The average molecular weight is 678 g/mol. The number of furan rings is 1. The Morgan fingerprint density at radius 3 is 2.39 bits per heavy atom. The van der Waals surface area contributed by atoms with Crippen LogP contribution in [0.3, 0.4) is 0 Å². The van der Waals surface area contributed by atoms with Gasteiger partial charge in [-0.3, -0.25) is 14.9 Å². The molecule has 0 fully saturated rings. The van der Waals surface area contributed by atoms with Gasteiger partial charge in [0.25, 0.3) is 0 Å². The van der Waals surface area contributed by atoms with Crippen molar-refractivity contribution in [1.29, 1.82) is 0 Å². The van der Waals surface area contributed by atoms with Gasteiger partial charge in [0.05, 0.1) is 16.2 Å². The van der Waals surface area contributed by atoms with Crippen molar-refractivity contribution >= 4 is 45.3 Å². The van der Waals surface area contributed by atoms with E-state index >= 15 is 0 Å². The summed E-state index contributed by atoms with van der Waals surface area (Å²) in [5.41, 5.74) is 6.43. The van der Waals surface area contributed by atoms with Gasteiger partial charge in [0.15, 0.2) is 5.76 Å². The number of nitrogens with zero attached hydrogens (tertiary/aromatic N) is 3. The third-order valence-electron chi connectivity index (χ3n) is 6.55. The number of carbonyl (C=O) groups is 1. The van der Waals surface area contributed by atoms with Crippen LogP contribution in [0.2, 0.25) is 5.02 Å². The number of nitro groups is 1. The number of aromatic nitrogens is 1. The Morgan fingerprint density at radius 2 is 1.70 bits per heavy atom. The molecule has 44 heavy (non-hydrogen) atoms. The third kappa shape index (κ3) is 7.36. The number of halogens is 2. The largest absolute Gasteiger partial charge is 0.486 e. The van der Waals surface area contributed by atoms with Crippen molar-refractivity contribution in [2.75, 3.05) is 0 Å². The predicted octanol–water partition coefficient (Wildman–Crippen LogP) is 7.93. The second-order valence-corrected chi connectivity index (χ2v) is 11.0. The fourth-order valence-corrected chi connectivity index (χ4v) is 4.95. The van der Waals surface area contributed by atoms with E-state index < -0.39 is 10.8 Å². The van der Waals surface area contributed by atoms with Crippen LogP contribution in [0, 0.1) is 24.0 Å². The van der Waals surface area contributed by atoms with Gasteiger partial charge in [-0.05, 0) is 86.1 Å². The maximum Gasteiger partial charge on any atom is 0.313 e. The van der Waals surface area contributed by atoms with Crippen LogP contribution in [0.5, 0.6) is 11.5 Å². The first-order valence-electron chi connectivity index (χ1n) is 13.3. The first-order chi connectivity index (χ1) is 21.2. The van der Waals surface area contributed by atoms with E-state index in [1.165, 1.54) is 24.4 Å². The van der Waals surface area contributed by atoms with Crippen LogP contribution in [0.4, 0.5) is 5.69 Å². The Morgan fingerprint density at radius 1 is 1.00 bits per heavy atom. The van der Waals surface area contributed by atoms with Crippen LogP contribution in [-0.2, 0) is 13.2 Å². The molecule has 0 radical (unpaired) electrons. The Balaban J connectivity index is 1.16. The minimum absolute atomic E-state index is 0.0235. The van der Waals surface area contributed by atoms with Crippen molar-refractivity contribution in [2.45, 2.75) is 27.1 Å². The van der Waals surface area contributed by atoms with Crippen LogP contribution >= 0.6 is 27.5 Å². The van der Waals surface area contributed by atoms with Gasteiger partial charge in [-0.25, -0.2) is 5.43 Å². The molecular formula is C32H26BrClN4O6. The molecule has 1 N–H and O–H groups in total. The molecule has 10 nitrogen and oxygen atoms in total. The summed E-state index contributed by atoms with van der Waals surface area (Å²) in [6, 6.07) is 25.0. The number of rotatable bonds is 11. The van der Waals surface area contributed by atoms with E-state index in [2.05, 4.69) is 57.0 Å². The summed E-state index contributed by atoms with van der Waals surface area (Å²) in [5, 5.41) is 15.6. The highest BCUT2D eigenvalue weighted by molar-refractivity contribution is 9.10. The Bertz CT molecular complexity index is 1810. The van der Waals surface area contributed by atoms with Crippen LogP contribution in [0.25, 0.3) is 5.69 Å². The van der Waals surface area contributed by atoms with E-state index in [1.807, 2.05) is 48.5 Å². The minimum Gasteiger partial charge on any atom is -0.486 e. The van der Waals surface area contributed by atoms with Crippen molar-refractivity contribution in [3.05, 3.63) is 139 Å². The molecule has 0 aliphatic rings. The molecule has 5 rings (SSSR count). The standard InChI is InChI=1S/C32H26BrClN4O6/c1-20-3-4-21(2)37(20)25-9-11-26(12-10-25)42-19-27-13-14-30(44-27)32(39)36-35-17-23-15-28(34)31(29(16-23)38(40)41)43-18-22-5-7-24(33)8-6-22/h3-17H,18-19H2,1-2H3,(H,36,39)/b35-17+. The third-order valence-corrected chi connectivity index (χ3v) is 7.36. The summed E-state index contributed by atoms with van der Waals surface area (Å²) in [5.74, 6) is 0.454. The molecule has 1 amide bonds. The molecule has 0 spiro atoms. The normalized spacial score (nSPS) is 11.1. The lowest BCUT2D eigenvalue weighted by molar-refractivity contribution is -0.385. The van der Waals surface area contributed by atoms with E-state index in [4.69, 9.17) is 25.5 Å². The van der Waals surface area contributed by atoms with Crippen molar-refractivity contribution in [3.63, 3.8) is 0 Å². The lowest BCUT2D eigenvalue weighted by Gasteiger charge is -2.10. The molecule has 12 heteroatoms. The zero-order valence-corrected chi connectivity index (χ0v) is 26.0. The van der Waals surface area contributed by atoms with Crippen LogP contribution < -0.4 is 14.9 Å². The van der Waals surface area contributed by atoms with Gasteiger partial charge in [0.2, 0.25) is 5.75 Å². The Kier molecular flexibility index (Phi) is 9.47. The van der Waals surface area contributed by atoms with Gasteiger partial charge < -0.3 is 18.5 Å². The van der Waals surface area contributed by atoms with Crippen molar-refractivity contribution in [3.8, 4) is 17.2 Å². The highest BCUT2D eigenvalue weighted by Crippen LogP contribution is 2.36. The molecule has 2 heterocycles. The first kappa shape index (κ1) is 30.6. The quantitative estimate of drug-likeness (QED) is 0.0861. The fourth-order valence-electron chi connectivity index (χ4n) is 4.41. The number of hydrogen-bond donors (Lipinski definition) is 1. The summed E-state index contributed by atoms with van der Waals surface area (Å²) < 4.78 is 20.1. The molecule has 0 saturated heterocycles. The SMILES string of the molecule is Cc1ccc(C)n1-c1ccc(OCc2ccc(C(=O)N/N=C/c3cc(Cl)c(OCc4ccc(Br)cc4)c([N+](=O)[O-])c3)o2)cc1. The van der Waals surface area contributed by atoms with E-state index in [-0.39, 0.29) is 35.4 Å².